The van der Waals surface area contributed by atoms with Crippen molar-refractivity contribution in [3.63, 3.8) is 0 Å². The molecule has 2 aromatic rings. The zero-order chi connectivity index (χ0) is 17.8. The third-order valence-corrected chi connectivity index (χ3v) is 4.40. The Labute approximate surface area is 148 Å². The maximum atomic E-state index is 12.7. The van der Waals surface area contributed by atoms with Crippen molar-refractivity contribution in [3.8, 4) is 0 Å². The quantitative estimate of drug-likeness (QED) is 0.924. The molecular formula is C19H25N5O. The topological polar surface area (TPSA) is 61.4 Å². The normalized spacial score (nSPS) is 15.2. The molecule has 0 spiro atoms. The van der Waals surface area contributed by atoms with Gasteiger partial charge in [-0.2, -0.15) is 0 Å². The van der Waals surface area contributed by atoms with Crippen LogP contribution < -0.4 is 5.32 Å². The number of carbonyl (C=O) groups excluding carboxylic acids is 1. The lowest BCUT2D eigenvalue weighted by atomic mass is 10.1. The molecule has 132 valence electrons. The number of hydrogen-bond donors (Lipinski definition) is 1. The Morgan fingerprint density at radius 2 is 1.88 bits per heavy atom. The second-order valence-electron chi connectivity index (χ2n) is 6.62. The molecule has 0 saturated carbocycles. The molecule has 1 saturated heterocycles. The van der Waals surface area contributed by atoms with Gasteiger partial charge in [-0.05, 0) is 26.5 Å². The molecule has 6 heteroatoms. The molecule has 0 aliphatic carbocycles. The van der Waals surface area contributed by atoms with Crippen molar-refractivity contribution in [3.05, 3.63) is 53.0 Å². The van der Waals surface area contributed by atoms with E-state index < -0.39 is 0 Å². The molecule has 1 fully saturated rings. The Balaban J connectivity index is 1.70. The van der Waals surface area contributed by atoms with Crippen molar-refractivity contribution in [1.29, 1.82) is 0 Å². The van der Waals surface area contributed by atoms with Gasteiger partial charge in [-0.25, -0.2) is 9.97 Å². The first-order chi connectivity index (χ1) is 12.0. The van der Waals surface area contributed by atoms with E-state index in [2.05, 4.69) is 52.4 Å². The third-order valence-electron chi connectivity index (χ3n) is 4.40. The Bertz CT molecular complexity index is 753. The fourth-order valence-corrected chi connectivity index (χ4v) is 2.95. The van der Waals surface area contributed by atoms with E-state index in [9.17, 15) is 4.79 Å². The average molecular weight is 339 g/mol. The standard InChI is InChI=1S/C19H25N5O/c1-14-5-4-6-16(11-14)13-20-18-12-17(21-15(2)22-18)19(25)24-9-7-23(3)8-10-24/h4-6,11-12H,7-10,13H2,1-3H3,(H,20,21,22). The highest BCUT2D eigenvalue weighted by molar-refractivity contribution is 5.93. The molecule has 1 aromatic carbocycles. The van der Waals surface area contributed by atoms with Crippen LogP contribution in [0.4, 0.5) is 5.82 Å². The number of piperazine rings is 1. The molecular weight excluding hydrogens is 314 g/mol. The fourth-order valence-electron chi connectivity index (χ4n) is 2.95. The van der Waals surface area contributed by atoms with E-state index in [1.54, 1.807) is 6.07 Å². The van der Waals surface area contributed by atoms with Crippen LogP contribution in [-0.2, 0) is 6.54 Å². The second-order valence-corrected chi connectivity index (χ2v) is 6.62. The van der Waals surface area contributed by atoms with Crippen molar-refractivity contribution < 1.29 is 4.79 Å². The summed E-state index contributed by atoms with van der Waals surface area (Å²) in [5.74, 6) is 1.27. The summed E-state index contributed by atoms with van der Waals surface area (Å²) >= 11 is 0. The molecule has 1 amide bonds. The minimum atomic E-state index is -0.0165. The van der Waals surface area contributed by atoms with E-state index in [1.165, 1.54) is 11.1 Å². The number of aryl methyl sites for hydroxylation is 2. The van der Waals surface area contributed by atoms with Crippen LogP contribution in [0.5, 0.6) is 0 Å². The number of aromatic nitrogens is 2. The van der Waals surface area contributed by atoms with Gasteiger partial charge in [-0.15, -0.1) is 0 Å². The smallest absolute Gasteiger partial charge is 0.272 e. The van der Waals surface area contributed by atoms with E-state index in [-0.39, 0.29) is 5.91 Å². The number of nitrogens with one attached hydrogen (secondary N) is 1. The predicted molar refractivity (Wildman–Crippen MR) is 98.7 cm³/mol. The summed E-state index contributed by atoms with van der Waals surface area (Å²) in [6.07, 6.45) is 0. The number of likely N-dealkylation sites (N-methyl/N-ethyl adjacent to an activating group) is 1. The molecule has 0 atom stereocenters. The Hall–Kier alpha value is -2.47. The number of benzene rings is 1. The van der Waals surface area contributed by atoms with Gasteiger partial charge >= 0.3 is 0 Å². The maximum Gasteiger partial charge on any atom is 0.272 e. The van der Waals surface area contributed by atoms with Crippen LogP contribution in [0.2, 0.25) is 0 Å². The van der Waals surface area contributed by atoms with Crippen molar-refractivity contribution in [2.24, 2.45) is 0 Å². The number of carbonyl (C=O) groups is 1. The first kappa shape index (κ1) is 17.4. The Kier molecular flexibility index (Phi) is 5.28. The number of rotatable bonds is 4. The summed E-state index contributed by atoms with van der Waals surface area (Å²) in [6.45, 7) is 7.83. The van der Waals surface area contributed by atoms with Gasteiger partial charge in [0.15, 0.2) is 0 Å². The van der Waals surface area contributed by atoms with Gasteiger partial charge < -0.3 is 15.1 Å². The molecule has 2 heterocycles. The third kappa shape index (κ3) is 4.54. The lowest BCUT2D eigenvalue weighted by Crippen LogP contribution is -2.47. The first-order valence-electron chi connectivity index (χ1n) is 8.64. The van der Waals surface area contributed by atoms with Crippen LogP contribution >= 0.6 is 0 Å². The van der Waals surface area contributed by atoms with Crippen LogP contribution in [0.3, 0.4) is 0 Å². The van der Waals surface area contributed by atoms with Gasteiger partial charge in [0, 0.05) is 38.8 Å². The van der Waals surface area contributed by atoms with Gasteiger partial charge in [0.05, 0.1) is 0 Å². The zero-order valence-corrected chi connectivity index (χ0v) is 15.1. The number of amides is 1. The summed E-state index contributed by atoms with van der Waals surface area (Å²) in [5, 5.41) is 3.30. The molecule has 0 bridgehead atoms. The predicted octanol–water partition coefficient (Wildman–Crippen LogP) is 2.09. The molecule has 25 heavy (non-hydrogen) atoms. The molecule has 1 aliphatic rings. The van der Waals surface area contributed by atoms with Crippen molar-refractivity contribution in [2.75, 3.05) is 38.5 Å². The van der Waals surface area contributed by atoms with Gasteiger partial charge in [0.25, 0.3) is 5.91 Å². The summed E-state index contributed by atoms with van der Waals surface area (Å²) in [4.78, 5) is 25.6. The first-order valence-corrected chi connectivity index (χ1v) is 8.64. The number of anilines is 1. The van der Waals surface area contributed by atoms with Crippen molar-refractivity contribution >= 4 is 11.7 Å². The summed E-state index contributed by atoms with van der Waals surface area (Å²) < 4.78 is 0. The molecule has 0 radical (unpaired) electrons. The SMILES string of the molecule is Cc1cccc(CNc2cc(C(=O)N3CCN(C)CC3)nc(C)n2)c1. The highest BCUT2D eigenvalue weighted by atomic mass is 16.2. The second kappa shape index (κ2) is 7.61. The minimum Gasteiger partial charge on any atom is -0.366 e. The van der Waals surface area contributed by atoms with Gasteiger partial charge in [0.2, 0.25) is 0 Å². The molecule has 0 unspecified atom stereocenters. The Morgan fingerprint density at radius 1 is 1.12 bits per heavy atom. The summed E-state index contributed by atoms with van der Waals surface area (Å²) in [7, 11) is 2.07. The van der Waals surface area contributed by atoms with Gasteiger partial charge in [-0.1, -0.05) is 29.8 Å². The van der Waals surface area contributed by atoms with E-state index in [0.29, 0.717) is 23.9 Å². The minimum absolute atomic E-state index is 0.0165. The van der Waals surface area contributed by atoms with Crippen molar-refractivity contribution in [2.45, 2.75) is 20.4 Å². The highest BCUT2D eigenvalue weighted by Crippen LogP contribution is 2.13. The molecule has 1 aromatic heterocycles. The zero-order valence-electron chi connectivity index (χ0n) is 15.1. The fraction of sp³-hybridized carbons (Fsp3) is 0.421. The monoisotopic (exact) mass is 339 g/mol. The van der Waals surface area contributed by atoms with Crippen LogP contribution in [0.1, 0.15) is 27.4 Å². The van der Waals surface area contributed by atoms with Gasteiger partial charge in [-0.3, -0.25) is 4.79 Å². The van der Waals surface area contributed by atoms with E-state index in [4.69, 9.17) is 0 Å². The van der Waals surface area contributed by atoms with E-state index in [1.807, 2.05) is 17.9 Å². The highest BCUT2D eigenvalue weighted by Gasteiger charge is 2.22. The summed E-state index contributed by atoms with van der Waals surface area (Å²) in [5.41, 5.74) is 2.87. The molecule has 3 rings (SSSR count). The van der Waals surface area contributed by atoms with Crippen LogP contribution in [-0.4, -0.2) is 58.9 Å². The van der Waals surface area contributed by atoms with Crippen LogP contribution in [0.15, 0.2) is 30.3 Å². The Morgan fingerprint density at radius 3 is 2.60 bits per heavy atom. The van der Waals surface area contributed by atoms with E-state index >= 15 is 0 Å². The largest absolute Gasteiger partial charge is 0.366 e. The average Bonchev–Trinajstić information content (AvgIpc) is 2.60. The molecule has 1 N–H and O–H groups in total. The summed E-state index contributed by atoms with van der Waals surface area (Å²) in [6, 6.07) is 10.1. The lowest BCUT2D eigenvalue weighted by molar-refractivity contribution is 0.0658. The number of nitrogens with zero attached hydrogens (tertiary/aromatic N) is 4. The van der Waals surface area contributed by atoms with E-state index in [0.717, 1.165) is 26.2 Å². The molecule has 1 aliphatic heterocycles. The van der Waals surface area contributed by atoms with Crippen LogP contribution in [0, 0.1) is 13.8 Å². The number of hydrogen-bond acceptors (Lipinski definition) is 5. The van der Waals surface area contributed by atoms with Crippen molar-refractivity contribution in [1.82, 2.24) is 19.8 Å². The van der Waals surface area contributed by atoms with Gasteiger partial charge in [0.1, 0.15) is 17.3 Å². The lowest BCUT2D eigenvalue weighted by Gasteiger charge is -2.32. The maximum absolute atomic E-state index is 12.7. The van der Waals surface area contributed by atoms with Crippen LogP contribution in [0.25, 0.3) is 0 Å². The molecule has 6 nitrogen and oxygen atoms in total.